The molecule has 2 amide bonds. The number of hydrogen-bond donors (Lipinski definition) is 1. The van der Waals surface area contributed by atoms with Crippen molar-refractivity contribution in [1.29, 1.82) is 0 Å². The molecule has 0 aromatic carbocycles. The van der Waals surface area contributed by atoms with Crippen molar-refractivity contribution in [2.24, 2.45) is 5.41 Å². The fourth-order valence-electron chi connectivity index (χ4n) is 2.70. The van der Waals surface area contributed by atoms with Crippen molar-refractivity contribution in [3.05, 3.63) is 29.6 Å². The molecule has 0 saturated heterocycles. The number of aryl methyl sites for hydroxylation is 1. The number of carbonyl (C=O) groups is 1. The van der Waals surface area contributed by atoms with Gasteiger partial charge in [-0.15, -0.1) is 0 Å². The van der Waals surface area contributed by atoms with Crippen LogP contribution in [0, 0.1) is 12.3 Å². The highest BCUT2D eigenvalue weighted by Gasteiger charge is 2.22. The minimum absolute atomic E-state index is 0.0297. The van der Waals surface area contributed by atoms with Gasteiger partial charge >= 0.3 is 6.03 Å². The lowest BCUT2D eigenvalue weighted by Crippen LogP contribution is -2.47. The second kappa shape index (κ2) is 8.29. The lowest BCUT2D eigenvalue weighted by molar-refractivity contribution is 0.180. The van der Waals surface area contributed by atoms with Crippen LogP contribution in [0.5, 0.6) is 0 Å². The van der Waals surface area contributed by atoms with E-state index in [9.17, 15) is 4.79 Å². The predicted octanol–water partition coefficient (Wildman–Crippen LogP) is 2.55. The van der Waals surface area contributed by atoms with Crippen LogP contribution in [-0.2, 0) is 6.42 Å². The first-order valence-electron chi connectivity index (χ1n) is 8.18. The van der Waals surface area contributed by atoms with E-state index in [1.54, 1.807) is 11.1 Å². The number of urea groups is 1. The zero-order valence-corrected chi connectivity index (χ0v) is 15.7. The van der Waals surface area contributed by atoms with Crippen molar-refractivity contribution < 1.29 is 4.79 Å². The molecule has 1 aromatic heterocycles. The first kappa shape index (κ1) is 19.4. The number of nitrogens with zero attached hydrogens (tertiary/aromatic N) is 3. The van der Waals surface area contributed by atoms with Gasteiger partial charge in [0, 0.05) is 44.5 Å². The molecule has 23 heavy (non-hydrogen) atoms. The first-order valence-corrected chi connectivity index (χ1v) is 8.18. The van der Waals surface area contributed by atoms with Gasteiger partial charge < -0.3 is 15.1 Å². The Morgan fingerprint density at radius 2 is 2.00 bits per heavy atom. The molecule has 0 aliphatic heterocycles. The van der Waals surface area contributed by atoms with Crippen molar-refractivity contribution in [2.75, 3.05) is 34.2 Å². The van der Waals surface area contributed by atoms with E-state index < -0.39 is 0 Å². The molecule has 0 aliphatic carbocycles. The zero-order valence-electron chi connectivity index (χ0n) is 15.7. The molecule has 0 spiro atoms. The summed E-state index contributed by atoms with van der Waals surface area (Å²) in [5, 5.41) is 3.05. The molecule has 5 nitrogen and oxygen atoms in total. The Kier molecular flexibility index (Phi) is 7.01. The monoisotopic (exact) mass is 320 g/mol. The summed E-state index contributed by atoms with van der Waals surface area (Å²) in [5.74, 6) is 0. The van der Waals surface area contributed by atoms with Crippen molar-refractivity contribution in [3.63, 3.8) is 0 Å². The van der Waals surface area contributed by atoms with E-state index in [0.29, 0.717) is 6.54 Å². The summed E-state index contributed by atoms with van der Waals surface area (Å²) < 4.78 is 0. The van der Waals surface area contributed by atoms with E-state index in [4.69, 9.17) is 0 Å². The molecule has 1 heterocycles. The van der Waals surface area contributed by atoms with E-state index in [1.807, 2.05) is 27.2 Å². The van der Waals surface area contributed by atoms with Gasteiger partial charge in [0.15, 0.2) is 0 Å². The minimum Gasteiger partial charge on any atom is -0.337 e. The van der Waals surface area contributed by atoms with Crippen LogP contribution in [0.3, 0.4) is 0 Å². The average Bonchev–Trinajstić information content (AvgIpc) is 2.45. The highest BCUT2D eigenvalue weighted by Crippen LogP contribution is 2.15. The highest BCUT2D eigenvalue weighted by molar-refractivity contribution is 5.74. The van der Waals surface area contributed by atoms with E-state index in [2.05, 4.69) is 49.0 Å². The van der Waals surface area contributed by atoms with Crippen molar-refractivity contribution in [3.8, 4) is 0 Å². The number of nitrogens with one attached hydrogen (secondary N) is 1. The standard InChI is InChI=1S/C18H32N4O/c1-14-9-8-10-19-16(14)11-15(2)22(7)17(23)20-12-18(3,4)13-21(5)6/h8-10,15H,11-13H2,1-7H3,(H,20,23)/t15-/m0/s1. The van der Waals surface area contributed by atoms with Crippen LogP contribution in [0.1, 0.15) is 32.0 Å². The average molecular weight is 320 g/mol. The van der Waals surface area contributed by atoms with Gasteiger partial charge in [-0.25, -0.2) is 4.79 Å². The molecule has 0 unspecified atom stereocenters. The quantitative estimate of drug-likeness (QED) is 0.840. The van der Waals surface area contributed by atoms with Crippen LogP contribution in [0.4, 0.5) is 4.79 Å². The number of amides is 2. The van der Waals surface area contributed by atoms with Crippen molar-refractivity contribution in [1.82, 2.24) is 20.1 Å². The number of rotatable bonds is 7. The number of carbonyl (C=O) groups excluding carboxylic acids is 1. The van der Waals surface area contributed by atoms with Gasteiger partial charge in [0.2, 0.25) is 0 Å². The number of hydrogen-bond acceptors (Lipinski definition) is 3. The molecule has 1 rings (SSSR count). The Hall–Kier alpha value is -1.62. The van der Waals surface area contributed by atoms with Gasteiger partial charge in [0.25, 0.3) is 0 Å². The normalized spacial score (nSPS) is 13.0. The van der Waals surface area contributed by atoms with Crippen LogP contribution in [0.2, 0.25) is 0 Å². The fraction of sp³-hybridized carbons (Fsp3) is 0.667. The van der Waals surface area contributed by atoms with Gasteiger partial charge in [-0.1, -0.05) is 19.9 Å². The SMILES string of the molecule is Cc1cccnc1C[C@H](C)N(C)C(=O)NCC(C)(C)CN(C)C. The van der Waals surface area contributed by atoms with Crippen molar-refractivity contribution in [2.45, 2.75) is 40.2 Å². The summed E-state index contributed by atoms with van der Waals surface area (Å²) >= 11 is 0. The van der Waals surface area contributed by atoms with Crippen molar-refractivity contribution >= 4 is 6.03 Å². The first-order chi connectivity index (χ1) is 10.6. The molecule has 1 atom stereocenters. The molecule has 5 heteroatoms. The van der Waals surface area contributed by atoms with Gasteiger partial charge in [0.1, 0.15) is 0 Å². The summed E-state index contributed by atoms with van der Waals surface area (Å²) in [4.78, 5) is 20.7. The predicted molar refractivity (Wildman–Crippen MR) is 95.6 cm³/mol. The third-order valence-electron chi connectivity index (χ3n) is 4.05. The van der Waals surface area contributed by atoms with Gasteiger partial charge in [0.05, 0.1) is 0 Å². The Bertz CT molecular complexity index is 513. The maximum Gasteiger partial charge on any atom is 0.317 e. The van der Waals surface area contributed by atoms with E-state index in [0.717, 1.165) is 18.7 Å². The molecule has 130 valence electrons. The lowest BCUT2D eigenvalue weighted by atomic mass is 9.93. The molecule has 0 radical (unpaired) electrons. The highest BCUT2D eigenvalue weighted by atomic mass is 16.2. The van der Waals surface area contributed by atoms with E-state index in [-0.39, 0.29) is 17.5 Å². The maximum atomic E-state index is 12.4. The Morgan fingerprint density at radius 1 is 1.35 bits per heavy atom. The van der Waals surface area contributed by atoms with Gasteiger partial charge in [-0.3, -0.25) is 4.98 Å². The second-order valence-corrected chi connectivity index (χ2v) is 7.49. The van der Waals surface area contributed by atoms with E-state index in [1.165, 1.54) is 5.56 Å². The number of pyridine rings is 1. The smallest absolute Gasteiger partial charge is 0.317 e. The van der Waals surface area contributed by atoms with Crippen LogP contribution >= 0.6 is 0 Å². The molecule has 1 aromatic rings. The third kappa shape index (κ3) is 6.57. The number of aromatic nitrogens is 1. The molecular weight excluding hydrogens is 288 g/mol. The van der Waals surface area contributed by atoms with Crippen LogP contribution in [0.15, 0.2) is 18.3 Å². The molecular formula is C18H32N4O. The lowest BCUT2D eigenvalue weighted by Gasteiger charge is -2.31. The van der Waals surface area contributed by atoms with Crippen LogP contribution in [-0.4, -0.2) is 61.1 Å². The molecule has 1 N–H and O–H groups in total. The Balaban J connectivity index is 2.54. The second-order valence-electron chi connectivity index (χ2n) is 7.49. The molecule has 0 fully saturated rings. The zero-order chi connectivity index (χ0) is 17.6. The molecule has 0 bridgehead atoms. The Labute approximate surface area is 141 Å². The maximum absolute atomic E-state index is 12.4. The van der Waals surface area contributed by atoms with Gasteiger partial charge in [-0.05, 0) is 45.0 Å². The summed E-state index contributed by atoms with van der Waals surface area (Å²) in [6.45, 7) is 10.0. The largest absolute Gasteiger partial charge is 0.337 e. The van der Waals surface area contributed by atoms with E-state index >= 15 is 0 Å². The summed E-state index contributed by atoms with van der Waals surface area (Å²) in [7, 11) is 5.94. The molecule has 0 aliphatic rings. The number of likely N-dealkylation sites (N-methyl/N-ethyl adjacent to an activating group) is 1. The summed E-state index contributed by atoms with van der Waals surface area (Å²) in [5.41, 5.74) is 2.26. The minimum atomic E-state index is -0.0297. The summed E-state index contributed by atoms with van der Waals surface area (Å²) in [6, 6.07) is 4.06. The van der Waals surface area contributed by atoms with Crippen LogP contribution in [0.25, 0.3) is 0 Å². The van der Waals surface area contributed by atoms with Crippen LogP contribution < -0.4 is 5.32 Å². The molecule has 0 saturated carbocycles. The third-order valence-corrected chi connectivity index (χ3v) is 4.05. The van der Waals surface area contributed by atoms with Gasteiger partial charge in [-0.2, -0.15) is 0 Å². The topological polar surface area (TPSA) is 48.5 Å². The fourth-order valence-corrected chi connectivity index (χ4v) is 2.70. The Morgan fingerprint density at radius 3 is 2.57 bits per heavy atom. The summed E-state index contributed by atoms with van der Waals surface area (Å²) in [6.07, 6.45) is 2.57.